The monoisotopic (exact) mass is 324 g/mol. The molecule has 7 heteroatoms. The molecule has 0 unspecified atom stereocenters. The van der Waals surface area contributed by atoms with E-state index in [0.717, 1.165) is 36.9 Å². The number of carbonyl (C=O) groups is 2. The van der Waals surface area contributed by atoms with Crippen molar-refractivity contribution in [2.75, 3.05) is 50.8 Å². The third-order valence-electron chi connectivity index (χ3n) is 4.13. The molecule has 0 radical (unpaired) electrons. The second-order valence-corrected chi connectivity index (χ2v) is 5.93. The summed E-state index contributed by atoms with van der Waals surface area (Å²) >= 11 is 6.22. The van der Waals surface area contributed by atoms with Gasteiger partial charge in [0.2, 0.25) is 0 Å². The summed E-state index contributed by atoms with van der Waals surface area (Å²) in [6.45, 7) is 4.40. The number of benzene rings is 1. The average molecular weight is 325 g/mol. The van der Waals surface area contributed by atoms with Gasteiger partial charge in [-0.2, -0.15) is 0 Å². The average Bonchev–Trinajstić information content (AvgIpc) is 2.95. The van der Waals surface area contributed by atoms with Gasteiger partial charge >= 0.3 is 6.09 Å². The Balaban J connectivity index is 1.53. The number of anilines is 1. The first-order chi connectivity index (χ1) is 10.6. The number of hydrogen-bond acceptors (Lipinski definition) is 4. The molecule has 118 valence electrons. The molecule has 1 N–H and O–H groups in total. The molecule has 0 atom stereocenters. The fourth-order valence-corrected chi connectivity index (χ4v) is 3.13. The molecule has 2 heterocycles. The number of nitrogens with one attached hydrogen (secondary N) is 1. The third-order valence-corrected chi connectivity index (χ3v) is 4.45. The Morgan fingerprint density at radius 3 is 2.59 bits per heavy atom. The zero-order valence-corrected chi connectivity index (χ0v) is 13.0. The van der Waals surface area contributed by atoms with Crippen molar-refractivity contribution in [2.24, 2.45) is 0 Å². The van der Waals surface area contributed by atoms with Crippen LogP contribution in [0.1, 0.15) is 0 Å². The predicted octanol–water partition coefficient (Wildman–Crippen LogP) is 0.0237. The zero-order chi connectivity index (χ0) is 15.5. The minimum Gasteiger partial charge on any atom is -0.447 e. The van der Waals surface area contributed by atoms with E-state index in [0.29, 0.717) is 19.7 Å². The van der Waals surface area contributed by atoms with Crippen LogP contribution in [0, 0.1) is 0 Å². The first-order valence-corrected chi connectivity index (χ1v) is 7.83. The maximum absolute atomic E-state index is 12.1. The number of ether oxygens (including phenoxy) is 1. The van der Waals surface area contributed by atoms with Crippen LogP contribution in [0.15, 0.2) is 24.3 Å². The van der Waals surface area contributed by atoms with Gasteiger partial charge < -0.3 is 14.5 Å². The zero-order valence-electron chi connectivity index (χ0n) is 12.3. The summed E-state index contributed by atoms with van der Waals surface area (Å²) in [5.41, 5.74) is 1.04. The SMILES string of the molecule is O=C(C[NH+]1CCN(c2ccccc2Cl)CC1)N1CCOC1=O. The fourth-order valence-electron chi connectivity index (χ4n) is 2.88. The maximum Gasteiger partial charge on any atom is 0.416 e. The Labute approximate surface area is 134 Å². The van der Waals surface area contributed by atoms with Crippen molar-refractivity contribution in [2.45, 2.75) is 0 Å². The standard InChI is InChI=1S/C15H18ClN3O3/c16-12-3-1-2-4-13(12)18-7-5-17(6-8-18)11-14(20)19-9-10-22-15(19)21/h1-4H,5-11H2/p+1. The second-order valence-electron chi connectivity index (χ2n) is 5.52. The van der Waals surface area contributed by atoms with E-state index in [-0.39, 0.29) is 5.91 Å². The molecule has 0 bridgehead atoms. The van der Waals surface area contributed by atoms with Crippen LogP contribution in [0.2, 0.25) is 5.02 Å². The van der Waals surface area contributed by atoms with Crippen molar-refractivity contribution in [1.29, 1.82) is 0 Å². The van der Waals surface area contributed by atoms with Gasteiger partial charge in [0.15, 0.2) is 6.54 Å². The summed E-state index contributed by atoms with van der Waals surface area (Å²) < 4.78 is 4.80. The van der Waals surface area contributed by atoms with Crippen LogP contribution >= 0.6 is 11.6 Å². The maximum atomic E-state index is 12.1. The van der Waals surface area contributed by atoms with Crippen molar-refractivity contribution < 1.29 is 19.2 Å². The van der Waals surface area contributed by atoms with Crippen LogP contribution in [0.25, 0.3) is 0 Å². The number of halogens is 1. The molecule has 0 saturated carbocycles. The van der Waals surface area contributed by atoms with Crippen LogP contribution in [0.5, 0.6) is 0 Å². The second kappa shape index (κ2) is 6.54. The molecule has 2 fully saturated rings. The topological polar surface area (TPSA) is 54.3 Å². The molecule has 1 aromatic rings. The number of carbonyl (C=O) groups excluding carboxylic acids is 2. The van der Waals surface area contributed by atoms with E-state index in [1.807, 2.05) is 24.3 Å². The van der Waals surface area contributed by atoms with Crippen LogP contribution < -0.4 is 9.80 Å². The van der Waals surface area contributed by atoms with Crippen LogP contribution in [-0.2, 0) is 9.53 Å². The summed E-state index contributed by atoms with van der Waals surface area (Å²) in [7, 11) is 0. The molecular formula is C15H19ClN3O3+. The van der Waals surface area contributed by atoms with Crippen LogP contribution in [0.3, 0.4) is 0 Å². The summed E-state index contributed by atoms with van der Waals surface area (Å²) in [5, 5.41) is 0.752. The molecule has 22 heavy (non-hydrogen) atoms. The summed E-state index contributed by atoms with van der Waals surface area (Å²) in [5.74, 6) is -0.149. The molecule has 2 aliphatic heterocycles. The fraction of sp³-hybridized carbons (Fsp3) is 0.467. The molecule has 2 aliphatic rings. The molecule has 0 aromatic heterocycles. The van der Waals surface area contributed by atoms with Crippen LogP contribution in [-0.4, -0.2) is 62.8 Å². The van der Waals surface area contributed by atoms with E-state index in [2.05, 4.69) is 4.90 Å². The number of para-hydroxylation sites is 1. The predicted molar refractivity (Wildman–Crippen MR) is 82.3 cm³/mol. The van der Waals surface area contributed by atoms with Crippen LogP contribution in [0.4, 0.5) is 10.5 Å². The molecule has 6 nitrogen and oxygen atoms in total. The van der Waals surface area contributed by atoms with Gasteiger partial charge in [0.05, 0.1) is 43.4 Å². The highest BCUT2D eigenvalue weighted by Gasteiger charge is 2.32. The van der Waals surface area contributed by atoms with E-state index in [1.54, 1.807) is 0 Å². The summed E-state index contributed by atoms with van der Waals surface area (Å²) in [6, 6.07) is 7.79. The lowest BCUT2D eigenvalue weighted by Gasteiger charge is -2.34. The first-order valence-electron chi connectivity index (χ1n) is 7.45. The number of imide groups is 1. The van der Waals surface area contributed by atoms with Crippen molar-refractivity contribution in [3.05, 3.63) is 29.3 Å². The number of quaternary nitrogens is 1. The Morgan fingerprint density at radius 2 is 1.95 bits per heavy atom. The van der Waals surface area contributed by atoms with Gasteiger partial charge in [-0.25, -0.2) is 9.69 Å². The highest BCUT2D eigenvalue weighted by atomic mass is 35.5. The lowest BCUT2D eigenvalue weighted by Crippen LogP contribution is -3.15. The van der Waals surface area contributed by atoms with Gasteiger partial charge in [-0.3, -0.25) is 4.79 Å². The van der Waals surface area contributed by atoms with Gasteiger partial charge in [-0.15, -0.1) is 0 Å². The minimum absolute atomic E-state index is 0.149. The molecule has 0 aliphatic carbocycles. The van der Waals surface area contributed by atoms with Gasteiger partial charge in [0, 0.05) is 0 Å². The molecule has 0 spiro atoms. The third kappa shape index (κ3) is 3.18. The van der Waals surface area contributed by atoms with E-state index in [9.17, 15) is 9.59 Å². The number of cyclic esters (lactones) is 1. The molecule has 3 rings (SSSR count). The largest absolute Gasteiger partial charge is 0.447 e. The number of piperazine rings is 1. The van der Waals surface area contributed by atoms with Crippen molar-refractivity contribution in [1.82, 2.24) is 4.90 Å². The summed E-state index contributed by atoms with van der Waals surface area (Å²) in [4.78, 5) is 28.1. The lowest BCUT2D eigenvalue weighted by atomic mass is 10.2. The van der Waals surface area contributed by atoms with Gasteiger partial charge in [0.1, 0.15) is 6.61 Å². The Kier molecular flexibility index (Phi) is 4.49. The first kappa shape index (κ1) is 15.1. The van der Waals surface area contributed by atoms with Gasteiger partial charge in [-0.1, -0.05) is 23.7 Å². The van der Waals surface area contributed by atoms with Crippen molar-refractivity contribution in [3.8, 4) is 0 Å². The summed E-state index contributed by atoms with van der Waals surface area (Å²) in [6.07, 6.45) is -0.515. The minimum atomic E-state index is -0.515. The molecule has 2 amide bonds. The molecule has 1 aromatic carbocycles. The Morgan fingerprint density at radius 1 is 1.23 bits per heavy atom. The molecule has 2 saturated heterocycles. The normalized spacial score (nSPS) is 19.4. The van der Waals surface area contributed by atoms with Crippen molar-refractivity contribution >= 4 is 29.3 Å². The molecular weight excluding hydrogens is 306 g/mol. The highest BCUT2D eigenvalue weighted by Crippen LogP contribution is 2.24. The van der Waals surface area contributed by atoms with Crippen molar-refractivity contribution in [3.63, 3.8) is 0 Å². The van der Waals surface area contributed by atoms with E-state index in [1.165, 1.54) is 9.80 Å². The number of hydrogen-bond donors (Lipinski definition) is 1. The number of nitrogens with zero attached hydrogens (tertiary/aromatic N) is 2. The van der Waals surface area contributed by atoms with Gasteiger partial charge in [-0.05, 0) is 12.1 Å². The lowest BCUT2D eigenvalue weighted by molar-refractivity contribution is -0.892. The smallest absolute Gasteiger partial charge is 0.416 e. The number of amides is 2. The van der Waals surface area contributed by atoms with E-state index < -0.39 is 6.09 Å². The quantitative estimate of drug-likeness (QED) is 0.852. The number of rotatable bonds is 3. The van der Waals surface area contributed by atoms with E-state index >= 15 is 0 Å². The van der Waals surface area contributed by atoms with E-state index in [4.69, 9.17) is 16.3 Å². The Bertz CT molecular complexity index is 573. The van der Waals surface area contributed by atoms with Gasteiger partial charge in [0.25, 0.3) is 5.91 Å². The Hall–Kier alpha value is -1.79. The highest BCUT2D eigenvalue weighted by molar-refractivity contribution is 6.33.